The first-order valence-electron chi connectivity index (χ1n) is 2.46. The molecule has 0 heteroatoms. The molecule has 0 saturated carbocycles. The molecule has 4 heavy (non-hydrogen) atoms. The third-order valence-corrected chi connectivity index (χ3v) is 0.471. The van der Waals surface area contributed by atoms with Crippen molar-refractivity contribution in [2.45, 2.75) is 12.8 Å². The fraction of sp³-hybridized carbons (Fsp3) is 0.500. The minimum atomic E-state index is -0.0579. The molecule has 0 nitrogen and oxygen atoms in total. The third kappa shape index (κ3) is 0.0681. The van der Waals surface area contributed by atoms with Gasteiger partial charge in [-0.15, -0.1) is 0 Å². The van der Waals surface area contributed by atoms with Crippen LogP contribution in [0.15, 0.2) is 12.1 Å². The largest absolute Gasteiger partial charge is 0.0882 e. The summed E-state index contributed by atoms with van der Waals surface area (Å²) >= 11 is 0. The van der Waals surface area contributed by atoms with Gasteiger partial charge in [-0.25, -0.2) is 0 Å². The van der Waals surface area contributed by atoms with Crippen LogP contribution in [0, 0.1) is 0 Å². The third-order valence-electron chi connectivity index (χ3n) is 0.471. The number of hydrogen-bond acceptors (Lipinski definition) is 0. The highest BCUT2D eigenvalue weighted by atomic mass is 13.9. The minimum absolute atomic E-state index is 0.0579. The van der Waals surface area contributed by atoms with Crippen LogP contribution in [0.4, 0.5) is 0 Å². The first-order valence-corrected chi connectivity index (χ1v) is 1.38. The average molecular weight is 56.1 g/mol. The van der Waals surface area contributed by atoms with Crippen LogP contribution in [0.2, 0.25) is 0 Å². The maximum atomic E-state index is 6.85. The van der Waals surface area contributed by atoms with Gasteiger partial charge < -0.3 is 0 Å². The van der Waals surface area contributed by atoms with Gasteiger partial charge >= 0.3 is 0 Å². The molecule has 0 aromatic heterocycles. The monoisotopic (exact) mass is 56.1 g/mol. The molecule has 0 spiro atoms. The van der Waals surface area contributed by atoms with E-state index in [0.29, 0.717) is 12.5 Å². The topological polar surface area (TPSA) is 0 Å². The van der Waals surface area contributed by atoms with Crippen molar-refractivity contribution in [2.24, 2.45) is 0 Å². The fourth-order valence-electron chi connectivity index (χ4n) is 0.118. The molecule has 1 unspecified atom stereocenters. The summed E-state index contributed by atoms with van der Waals surface area (Å²) in [7, 11) is 0. The lowest BCUT2D eigenvalue weighted by Gasteiger charge is -1.92. The van der Waals surface area contributed by atoms with Gasteiger partial charge in [0.2, 0.25) is 0 Å². The molecule has 1 atom stereocenters. The Hall–Kier alpha value is -0.260. The van der Waals surface area contributed by atoms with Crippen LogP contribution < -0.4 is 0 Å². The van der Waals surface area contributed by atoms with Crippen LogP contribution >= 0.6 is 0 Å². The molecule has 0 fully saturated rings. The molecule has 0 N–H and O–H groups in total. The van der Waals surface area contributed by atoms with Crippen LogP contribution in [0.1, 0.15) is 15.6 Å². The summed E-state index contributed by atoms with van der Waals surface area (Å²) in [6.45, 7) is 0. The Labute approximate surface area is 28.9 Å². The van der Waals surface area contributed by atoms with Gasteiger partial charge in [-0.2, -0.15) is 0 Å². The molecule has 0 saturated heterocycles. The molecule has 0 aromatic carbocycles. The maximum Gasteiger partial charge on any atom is 0.0573 e. The van der Waals surface area contributed by atoms with E-state index in [4.69, 9.17) is 2.74 Å². The van der Waals surface area contributed by atoms with E-state index in [1.807, 2.05) is 0 Å². The Morgan fingerprint density at radius 2 is 3.00 bits per heavy atom. The van der Waals surface area contributed by atoms with E-state index in [1.54, 1.807) is 6.08 Å². The van der Waals surface area contributed by atoms with Gasteiger partial charge in [0.05, 0.1) is 1.37 Å². The zero-order valence-corrected chi connectivity index (χ0v) is 2.36. The molecule has 0 heterocycles. The van der Waals surface area contributed by atoms with Crippen molar-refractivity contribution in [2.75, 3.05) is 0 Å². The van der Waals surface area contributed by atoms with Crippen LogP contribution in [0.5, 0.6) is 0 Å². The van der Waals surface area contributed by atoms with Crippen molar-refractivity contribution in [3.05, 3.63) is 12.1 Å². The molecular weight excluding hydrogens is 48.0 g/mol. The van der Waals surface area contributed by atoms with Crippen LogP contribution in [-0.2, 0) is 0 Å². The highest BCUT2D eigenvalue weighted by Gasteiger charge is 1.81. The lowest BCUT2D eigenvalue weighted by Crippen LogP contribution is -1.71. The summed E-state index contributed by atoms with van der Waals surface area (Å²) in [4.78, 5) is 0. The van der Waals surface area contributed by atoms with Crippen molar-refractivity contribution in [1.82, 2.24) is 0 Å². The van der Waals surface area contributed by atoms with Gasteiger partial charge in [0.25, 0.3) is 0 Å². The molecule has 1 aliphatic rings. The van der Waals surface area contributed by atoms with E-state index in [0.717, 1.165) is 0 Å². The molecule has 0 amide bonds. The summed E-state index contributed by atoms with van der Waals surface area (Å²) in [6.07, 6.45) is 2.25. The SMILES string of the molecule is [2H]C1=CC([2H])C1. The lowest BCUT2D eigenvalue weighted by molar-refractivity contribution is 0.962. The molecule has 0 aliphatic heterocycles. The highest BCUT2D eigenvalue weighted by molar-refractivity contribution is 4.92. The van der Waals surface area contributed by atoms with Gasteiger partial charge in [-0.05, 0) is 12.8 Å². The van der Waals surface area contributed by atoms with Crippen molar-refractivity contribution in [1.29, 1.82) is 0 Å². The summed E-state index contributed by atoms with van der Waals surface area (Å²) < 4.78 is 13.6. The van der Waals surface area contributed by atoms with E-state index < -0.39 is 0 Å². The van der Waals surface area contributed by atoms with E-state index in [9.17, 15) is 0 Å². The molecule has 0 radical (unpaired) electrons. The van der Waals surface area contributed by atoms with Gasteiger partial charge in [-0.3, -0.25) is 0 Å². The summed E-state index contributed by atoms with van der Waals surface area (Å²) in [5, 5.41) is 0. The number of allylic oxidation sites excluding steroid dienone is 2. The normalized spacial score (nSPS) is 48.0. The predicted octanol–water partition coefficient (Wildman–Crippen LogP) is 1.34. The average Bonchev–Trinajstić information content (AvgIpc) is 1.33. The second-order valence-electron chi connectivity index (χ2n) is 0.811. The Balaban J connectivity index is 2.46. The second kappa shape index (κ2) is 0.593. The van der Waals surface area contributed by atoms with E-state index in [2.05, 4.69) is 0 Å². The molecule has 22 valence electrons. The first-order chi connectivity index (χ1) is 2.79. The Bertz CT molecular complexity index is 85.5. The zero-order valence-electron chi connectivity index (χ0n) is 4.36. The van der Waals surface area contributed by atoms with Crippen molar-refractivity contribution in [3.8, 4) is 0 Å². The Morgan fingerprint density at radius 1 is 2.25 bits per heavy atom. The second-order valence-corrected chi connectivity index (χ2v) is 0.811. The van der Waals surface area contributed by atoms with Crippen molar-refractivity contribution < 1.29 is 2.74 Å². The van der Waals surface area contributed by atoms with E-state index in [1.165, 1.54) is 0 Å². The molecule has 0 aromatic rings. The van der Waals surface area contributed by atoms with Crippen LogP contribution in [-0.4, -0.2) is 0 Å². The van der Waals surface area contributed by atoms with Gasteiger partial charge in [0.15, 0.2) is 0 Å². The fourth-order valence-corrected chi connectivity index (χ4v) is 0.118. The quantitative estimate of drug-likeness (QED) is 0.367. The first kappa shape index (κ1) is 0.852. The Kier molecular flexibility index (Phi) is 0.126. The summed E-state index contributed by atoms with van der Waals surface area (Å²) in [6, 6.07) is 0.620. The minimum Gasteiger partial charge on any atom is -0.0882 e. The van der Waals surface area contributed by atoms with Crippen molar-refractivity contribution in [3.63, 3.8) is 0 Å². The maximum absolute atomic E-state index is 6.85. The van der Waals surface area contributed by atoms with E-state index >= 15 is 0 Å². The van der Waals surface area contributed by atoms with Crippen LogP contribution in [0.3, 0.4) is 0 Å². The van der Waals surface area contributed by atoms with Gasteiger partial charge in [0.1, 0.15) is 0 Å². The number of hydrogen-bond donors (Lipinski definition) is 0. The summed E-state index contributed by atoms with van der Waals surface area (Å²) in [5.74, 6) is 0. The zero-order chi connectivity index (χ0) is 4.57. The summed E-state index contributed by atoms with van der Waals surface area (Å²) in [5.41, 5.74) is 0. The molecule has 1 aliphatic carbocycles. The van der Waals surface area contributed by atoms with E-state index in [-0.39, 0.29) is 6.40 Å². The number of rotatable bonds is 0. The Morgan fingerprint density at radius 3 is 3.00 bits per heavy atom. The lowest BCUT2D eigenvalue weighted by atomic mass is 10.1. The van der Waals surface area contributed by atoms with Gasteiger partial charge in [-0.1, -0.05) is 12.1 Å². The van der Waals surface area contributed by atoms with Gasteiger partial charge in [0, 0.05) is 1.37 Å². The molecule has 1 rings (SSSR count). The molecular formula is C4H6. The smallest absolute Gasteiger partial charge is 0.0573 e. The standard InChI is InChI=1S/C4H6/c1-2-4-3-1/h1-2H,3-4H2/i1D,4D. The molecule has 0 bridgehead atoms. The van der Waals surface area contributed by atoms with Crippen LogP contribution in [0.25, 0.3) is 0 Å². The highest BCUT2D eigenvalue weighted by Crippen LogP contribution is 2.01. The predicted molar refractivity (Wildman–Crippen MR) is 18.4 cm³/mol. The van der Waals surface area contributed by atoms with Crippen molar-refractivity contribution >= 4 is 0 Å².